The van der Waals surface area contributed by atoms with E-state index in [1.165, 1.54) is 31.6 Å². The fourth-order valence-electron chi connectivity index (χ4n) is 3.98. The Labute approximate surface area is 131 Å². The molecule has 2 atom stereocenters. The lowest BCUT2D eigenvalue weighted by Crippen LogP contribution is -2.33. The number of piperidine rings is 1. The van der Waals surface area contributed by atoms with E-state index in [-0.39, 0.29) is 0 Å². The molecular formula is C17H25N5. The van der Waals surface area contributed by atoms with Gasteiger partial charge in [0, 0.05) is 31.2 Å². The van der Waals surface area contributed by atoms with E-state index >= 15 is 0 Å². The summed E-state index contributed by atoms with van der Waals surface area (Å²) >= 11 is 0. The predicted molar refractivity (Wildman–Crippen MR) is 88.1 cm³/mol. The molecule has 0 amide bonds. The molecule has 5 heteroatoms. The van der Waals surface area contributed by atoms with E-state index in [4.69, 9.17) is 4.98 Å². The van der Waals surface area contributed by atoms with Crippen LogP contribution in [0.15, 0.2) is 18.3 Å². The SMILES string of the molecule is CCN1CCC(c2nc3cccnc3n2C2CCCNC2)C1. The summed E-state index contributed by atoms with van der Waals surface area (Å²) in [5.74, 6) is 1.81. The van der Waals surface area contributed by atoms with E-state index in [9.17, 15) is 0 Å². The zero-order valence-corrected chi connectivity index (χ0v) is 13.3. The minimum absolute atomic E-state index is 0.499. The van der Waals surface area contributed by atoms with Gasteiger partial charge in [-0.2, -0.15) is 0 Å². The summed E-state index contributed by atoms with van der Waals surface area (Å²) in [5, 5.41) is 3.54. The maximum Gasteiger partial charge on any atom is 0.160 e. The number of fused-ring (bicyclic) bond motifs is 1. The average Bonchev–Trinajstić information content (AvgIpc) is 3.19. The molecule has 0 aliphatic carbocycles. The topological polar surface area (TPSA) is 46.0 Å². The van der Waals surface area contributed by atoms with Crippen molar-refractivity contribution in [1.82, 2.24) is 24.8 Å². The number of nitrogens with one attached hydrogen (secondary N) is 1. The van der Waals surface area contributed by atoms with E-state index in [1.54, 1.807) is 0 Å². The van der Waals surface area contributed by atoms with Gasteiger partial charge in [0.2, 0.25) is 0 Å². The van der Waals surface area contributed by atoms with E-state index in [1.807, 2.05) is 12.3 Å². The molecule has 0 spiro atoms. The molecule has 2 saturated heterocycles. The Morgan fingerprint density at radius 3 is 3.09 bits per heavy atom. The van der Waals surface area contributed by atoms with Gasteiger partial charge in [-0.15, -0.1) is 0 Å². The van der Waals surface area contributed by atoms with Crippen molar-refractivity contribution in [3.8, 4) is 0 Å². The standard InChI is InChI=1S/C17H25N5/c1-2-21-10-7-13(12-21)16-20-15-6-4-9-19-17(15)22(16)14-5-3-8-18-11-14/h4,6,9,13-14,18H,2-3,5,7-8,10-12H2,1H3. The zero-order valence-electron chi connectivity index (χ0n) is 13.3. The van der Waals surface area contributed by atoms with Crippen LogP contribution in [0.2, 0.25) is 0 Å². The molecule has 0 saturated carbocycles. The number of imidazole rings is 1. The lowest BCUT2D eigenvalue weighted by molar-refractivity contribution is 0.342. The van der Waals surface area contributed by atoms with E-state index in [0.717, 1.165) is 37.3 Å². The molecule has 4 heterocycles. The van der Waals surface area contributed by atoms with Gasteiger partial charge in [0.05, 0.1) is 0 Å². The monoisotopic (exact) mass is 299 g/mol. The third-order valence-electron chi connectivity index (χ3n) is 5.20. The lowest BCUT2D eigenvalue weighted by atomic mass is 10.0. The first-order valence-corrected chi connectivity index (χ1v) is 8.62. The molecular weight excluding hydrogens is 274 g/mol. The highest BCUT2D eigenvalue weighted by atomic mass is 15.2. The summed E-state index contributed by atoms with van der Waals surface area (Å²) in [7, 11) is 0. The highest BCUT2D eigenvalue weighted by Gasteiger charge is 2.30. The Kier molecular flexibility index (Phi) is 3.84. The van der Waals surface area contributed by atoms with Crippen molar-refractivity contribution in [3.05, 3.63) is 24.2 Å². The highest BCUT2D eigenvalue weighted by Crippen LogP contribution is 2.32. The number of nitrogens with zero attached hydrogens (tertiary/aromatic N) is 4. The van der Waals surface area contributed by atoms with Crippen molar-refractivity contribution in [2.75, 3.05) is 32.7 Å². The Balaban J connectivity index is 1.76. The summed E-state index contributed by atoms with van der Waals surface area (Å²) in [6.07, 6.45) is 5.58. The smallest absolute Gasteiger partial charge is 0.160 e. The van der Waals surface area contributed by atoms with Gasteiger partial charge < -0.3 is 14.8 Å². The van der Waals surface area contributed by atoms with E-state index < -0.39 is 0 Å². The van der Waals surface area contributed by atoms with Gasteiger partial charge in [-0.25, -0.2) is 9.97 Å². The van der Waals surface area contributed by atoms with Crippen LogP contribution in [0, 0.1) is 0 Å². The number of hydrogen-bond acceptors (Lipinski definition) is 4. The molecule has 118 valence electrons. The van der Waals surface area contributed by atoms with Gasteiger partial charge in [-0.3, -0.25) is 0 Å². The lowest BCUT2D eigenvalue weighted by Gasteiger charge is -2.27. The number of likely N-dealkylation sites (tertiary alicyclic amines) is 1. The van der Waals surface area contributed by atoms with Crippen molar-refractivity contribution in [2.24, 2.45) is 0 Å². The van der Waals surface area contributed by atoms with Gasteiger partial charge >= 0.3 is 0 Å². The largest absolute Gasteiger partial charge is 0.315 e. The van der Waals surface area contributed by atoms with Crippen LogP contribution in [0.3, 0.4) is 0 Å². The maximum absolute atomic E-state index is 4.98. The third kappa shape index (κ3) is 2.42. The number of pyridine rings is 1. The molecule has 0 aromatic carbocycles. The zero-order chi connectivity index (χ0) is 14.9. The molecule has 2 unspecified atom stereocenters. The molecule has 4 rings (SSSR count). The first kappa shape index (κ1) is 14.2. The van der Waals surface area contributed by atoms with Gasteiger partial charge in [0.15, 0.2) is 5.65 Å². The van der Waals surface area contributed by atoms with Crippen molar-refractivity contribution < 1.29 is 0 Å². The fraction of sp³-hybridized carbons (Fsp3) is 0.647. The van der Waals surface area contributed by atoms with Gasteiger partial charge in [-0.1, -0.05) is 6.92 Å². The van der Waals surface area contributed by atoms with Crippen LogP contribution in [0.1, 0.15) is 44.0 Å². The Morgan fingerprint density at radius 1 is 1.36 bits per heavy atom. The first-order chi connectivity index (χ1) is 10.9. The van der Waals surface area contributed by atoms with Gasteiger partial charge in [0.25, 0.3) is 0 Å². The number of hydrogen-bond donors (Lipinski definition) is 1. The van der Waals surface area contributed by atoms with Crippen LogP contribution >= 0.6 is 0 Å². The second kappa shape index (κ2) is 5.97. The van der Waals surface area contributed by atoms with Crippen LogP contribution in [-0.2, 0) is 0 Å². The molecule has 0 bridgehead atoms. The summed E-state index contributed by atoms with van der Waals surface area (Å²) in [6.45, 7) is 7.90. The van der Waals surface area contributed by atoms with Crippen LogP contribution < -0.4 is 5.32 Å². The van der Waals surface area contributed by atoms with Crippen molar-refractivity contribution in [1.29, 1.82) is 0 Å². The van der Waals surface area contributed by atoms with E-state index in [0.29, 0.717) is 12.0 Å². The first-order valence-electron chi connectivity index (χ1n) is 8.62. The fourth-order valence-corrected chi connectivity index (χ4v) is 3.98. The number of likely N-dealkylation sites (N-methyl/N-ethyl adjacent to an activating group) is 1. The second-order valence-electron chi connectivity index (χ2n) is 6.57. The third-order valence-corrected chi connectivity index (χ3v) is 5.20. The summed E-state index contributed by atoms with van der Waals surface area (Å²) in [5.41, 5.74) is 2.12. The molecule has 2 aliphatic heterocycles. The molecule has 2 aromatic rings. The van der Waals surface area contributed by atoms with Crippen LogP contribution in [-0.4, -0.2) is 52.2 Å². The molecule has 2 aromatic heterocycles. The Bertz CT molecular complexity index is 644. The number of aromatic nitrogens is 3. The van der Waals surface area contributed by atoms with Crippen molar-refractivity contribution in [3.63, 3.8) is 0 Å². The second-order valence-corrected chi connectivity index (χ2v) is 6.57. The maximum atomic E-state index is 4.98. The number of rotatable bonds is 3. The summed E-state index contributed by atoms with van der Waals surface area (Å²) < 4.78 is 2.45. The van der Waals surface area contributed by atoms with E-state index in [2.05, 4.69) is 32.8 Å². The molecule has 5 nitrogen and oxygen atoms in total. The Hall–Kier alpha value is -1.46. The summed E-state index contributed by atoms with van der Waals surface area (Å²) in [4.78, 5) is 12.2. The van der Waals surface area contributed by atoms with Crippen molar-refractivity contribution in [2.45, 2.75) is 38.1 Å². The normalized spacial score (nSPS) is 26.8. The van der Waals surface area contributed by atoms with Crippen LogP contribution in [0.4, 0.5) is 0 Å². The predicted octanol–water partition coefficient (Wildman–Crippen LogP) is 2.17. The minimum Gasteiger partial charge on any atom is -0.315 e. The quantitative estimate of drug-likeness (QED) is 0.943. The van der Waals surface area contributed by atoms with Crippen LogP contribution in [0.5, 0.6) is 0 Å². The molecule has 22 heavy (non-hydrogen) atoms. The average molecular weight is 299 g/mol. The molecule has 2 fully saturated rings. The molecule has 2 aliphatic rings. The molecule has 1 N–H and O–H groups in total. The summed E-state index contributed by atoms with van der Waals surface area (Å²) in [6, 6.07) is 4.60. The van der Waals surface area contributed by atoms with Gasteiger partial charge in [-0.05, 0) is 51.0 Å². The minimum atomic E-state index is 0.499. The van der Waals surface area contributed by atoms with Crippen LogP contribution in [0.25, 0.3) is 11.2 Å². The highest BCUT2D eigenvalue weighted by molar-refractivity contribution is 5.71. The van der Waals surface area contributed by atoms with Gasteiger partial charge in [0.1, 0.15) is 11.3 Å². The molecule has 0 radical (unpaired) electrons. The van der Waals surface area contributed by atoms with Crippen molar-refractivity contribution >= 4 is 11.2 Å². The Morgan fingerprint density at radius 2 is 2.32 bits per heavy atom.